The monoisotopic (exact) mass is 388 g/mol. The molecule has 0 N–H and O–H groups in total. The summed E-state index contributed by atoms with van der Waals surface area (Å²) >= 11 is 0. The Morgan fingerprint density at radius 1 is 1.00 bits per heavy atom. The summed E-state index contributed by atoms with van der Waals surface area (Å²) in [6, 6.07) is 12.3. The minimum atomic E-state index is -3.56. The summed E-state index contributed by atoms with van der Waals surface area (Å²) in [4.78, 5) is 14.7. The zero-order valence-electron chi connectivity index (χ0n) is 15.8. The third kappa shape index (κ3) is 3.99. The fraction of sp³-hybridized carbons (Fsp3) is 0.350. The topological polar surface area (TPSA) is 66.9 Å². The van der Waals surface area contributed by atoms with Crippen LogP contribution < -0.4 is 4.74 Å². The van der Waals surface area contributed by atoms with Crippen molar-refractivity contribution in [2.45, 2.75) is 18.7 Å². The molecule has 0 atom stereocenters. The zero-order chi connectivity index (χ0) is 19.6. The van der Waals surface area contributed by atoms with Gasteiger partial charge in [-0.15, -0.1) is 0 Å². The molecule has 0 aliphatic carbocycles. The van der Waals surface area contributed by atoms with Crippen molar-refractivity contribution < 1.29 is 17.9 Å². The van der Waals surface area contributed by atoms with Crippen LogP contribution in [0.3, 0.4) is 0 Å². The second-order valence-electron chi connectivity index (χ2n) is 6.70. The van der Waals surface area contributed by atoms with E-state index >= 15 is 0 Å². The lowest BCUT2D eigenvalue weighted by molar-refractivity contribution is 0.0697. The molecule has 27 heavy (non-hydrogen) atoms. The maximum Gasteiger partial charge on any atom is 0.254 e. The van der Waals surface area contributed by atoms with Crippen LogP contribution >= 0.6 is 0 Å². The number of amides is 1. The number of rotatable bonds is 4. The van der Waals surface area contributed by atoms with Crippen LogP contribution in [0.15, 0.2) is 47.4 Å². The van der Waals surface area contributed by atoms with Crippen molar-refractivity contribution in [3.8, 4) is 5.75 Å². The van der Waals surface area contributed by atoms with Gasteiger partial charge in [-0.25, -0.2) is 8.42 Å². The number of methoxy groups -OCH3 is 1. The van der Waals surface area contributed by atoms with E-state index in [1.54, 1.807) is 42.3 Å². The van der Waals surface area contributed by atoms with Gasteiger partial charge in [0.1, 0.15) is 5.75 Å². The van der Waals surface area contributed by atoms with E-state index in [2.05, 4.69) is 0 Å². The molecule has 1 fully saturated rings. The zero-order valence-corrected chi connectivity index (χ0v) is 16.6. The number of carbonyl (C=O) groups is 1. The minimum Gasteiger partial charge on any atom is -0.497 e. The van der Waals surface area contributed by atoms with Gasteiger partial charge in [-0.1, -0.05) is 23.8 Å². The number of ether oxygens (including phenoxy) is 1. The molecule has 6 nitrogen and oxygen atoms in total. The molecular formula is C20H24N2O4S. The highest BCUT2D eigenvalue weighted by Crippen LogP contribution is 2.23. The molecule has 0 aromatic heterocycles. The van der Waals surface area contributed by atoms with Crippen molar-refractivity contribution in [2.24, 2.45) is 0 Å². The Balaban J connectivity index is 1.71. The number of nitrogens with zero attached hydrogens (tertiary/aromatic N) is 2. The first-order valence-electron chi connectivity index (χ1n) is 8.83. The summed E-state index contributed by atoms with van der Waals surface area (Å²) in [6.45, 7) is 5.03. The van der Waals surface area contributed by atoms with Crippen molar-refractivity contribution in [1.29, 1.82) is 0 Å². The Morgan fingerprint density at radius 3 is 2.33 bits per heavy atom. The first kappa shape index (κ1) is 19.4. The molecule has 0 radical (unpaired) electrons. The summed E-state index contributed by atoms with van der Waals surface area (Å²) in [5.74, 6) is 0.509. The van der Waals surface area contributed by atoms with Gasteiger partial charge in [-0.05, 0) is 43.7 Å². The first-order chi connectivity index (χ1) is 12.8. The largest absolute Gasteiger partial charge is 0.497 e. The van der Waals surface area contributed by atoms with E-state index in [-0.39, 0.29) is 19.0 Å². The van der Waals surface area contributed by atoms with Crippen molar-refractivity contribution in [1.82, 2.24) is 9.21 Å². The highest BCUT2D eigenvalue weighted by atomic mass is 32.2. The summed E-state index contributed by atoms with van der Waals surface area (Å²) in [5.41, 5.74) is 2.31. The van der Waals surface area contributed by atoms with Gasteiger partial charge in [-0.2, -0.15) is 4.31 Å². The van der Waals surface area contributed by atoms with Crippen LogP contribution in [0.25, 0.3) is 0 Å². The van der Waals surface area contributed by atoms with Crippen LogP contribution in [0.4, 0.5) is 0 Å². The predicted molar refractivity (Wildman–Crippen MR) is 104 cm³/mol. The normalized spacial score (nSPS) is 15.6. The van der Waals surface area contributed by atoms with Crippen LogP contribution in [-0.4, -0.2) is 56.8 Å². The van der Waals surface area contributed by atoms with Crippen molar-refractivity contribution in [3.05, 3.63) is 59.2 Å². The predicted octanol–water partition coefficient (Wildman–Crippen LogP) is 2.46. The second-order valence-corrected chi connectivity index (χ2v) is 8.60. The molecular weight excluding hydrogens is 364 g/mol. The van der Waals surface area contributed by atoms with Gasteiger partial charge in [0, 0.05) is 31.7 Å². The second kappa shape index (κ2) is 7.70. The lowest BCUT2D eigenvalue weighted by atomic mass is 10.1. The van der Waals surface area contributed by atoms with Gasteiger partial charge in [-0.3, -0.25) is 4.79 Å². The standard InChI is InChI=1S/C20H24N2O4S/c1-15-7-8-19(16(2)13-15)27(24,25)22-11-9-21(10-12-22)20(23)17-5-4-6-18(14-17)26-3/h4-8,13-14H,9-12H2,1-3H3. The maximum absolute atomic E-state index is 13.0. The number of sulfonamides is 1. The molecule has 1 heterocycles. The van der Waals surface area contributed by atoms with Crippen LogP contribution in [0.2, 0.25) is 0 Å². The van der Waals surface area contributed by atoms with Gasteiger partial charge >= 0.3 is 0 Å². The van der Waals surface area contributed by atoms with E-state index in [0.29, 0.717) is 29.3 Å². The van der Waals surface area contributed by atoms with Gasteiger partial charge in [0.25, 0.3) is 5.91 Å². The molecule has 7 heteroatoms. The lowest BCUT2D eigenvalue weighted by Crippen LogP contribution is -2.50. The number of benzene rings is 2. The van der Waals surface area contributed by atoms with Crippen molar-refractivity contribution in [3.63, 3.8) is 0 Å². The van der Waals surface area contributed by atoms with Gasteiger partial charge in [0.2, 0.25) is 10.0 Å². The molecule has 2 aromatic carbocycles. The van der Waals surface area contributed by atoms with E-state index in [1.807, 2.05) is 26.0 Å². The Bertz CT molecular complexity index is 948. The molecule has 3 rings (SSSR count). The highest BCUT2D eigenvalue weighted by Gasteiger charge is 2.31. The third-order valence-corrected chi connectivity index (χ3v) is 6.85. The number of hydrogen-bond acceptors (Lipinski definition) is 4. The third-order valence-electron chi connectivity index (χ3n) is 4.79. The summed E-state index contributed by atoms with van der Waals surface area (Å²) < 4.78 is 32.5. The Labute approximate surface area is 160 Å². The van der Waals surface area contributed by atoms with Gasteiger partial charge in [0.15, 0.2) is 0 Å². The maximum atomic E-state index is 13.0. The minimum absolute atomic E-state index is 0.113. The molecule has 0 unspecified atom stereocenters. The van der Waals surface area contributed by atoms with Crippen molar-refractivity contribution in [2.75, 3.05) is 33.3 Å². The van der Waals surface area contributed by atoms with Gasteiger partial charge < -0.3 is 9.64 Å². The quantitative estimate of drug-likeness (QED) is 0.807. The van der Waals surface area contributed by atoms with E-state index in [0.717, 1.165) is 11.1 Å². The number of carbonyl (C=O) groups excluding carboxylic acids is 1. The Kier molecular flexibility index (Phi) is 5.53. The molecule has 1 aliphatic rings. The molecule has 144 valence electrons. The number of aryl methyl sites for hydroxylation is 2. The lowest BCUT2D eigenvalue weighted by Gasteiger charge is -2.34. The van der Waals surface area contributed by atoms with E-state index in [9.17, 15) is 13.2 Å². The average Bonchev–Trinajstić information content (AvgIpc) is 2.67. The molecule has 1 aliphatic heterocycles. The van der Waals surface area contributed by atoms with E-state index < -0.39 is 10.0 Å². The smallest absolute Gasteiger partial charge is 0.254 e. The van der Waals surface area contributed by atoms with Gasteiger partial charge in [0.05, 0.1) is 12.0 Å². The van der Waals surface area contributed by atoms with Crippen LogP contribution in [0.5, 0.6) is 5.75 Å². The average molecular weight is 388 g/mol. The Hall–Kier alpha value is -2.38. The van der Waals surface area contributed by atoms with Crippen molar-refractivity contribution >= 4 is 15.9 Å². The Morgan fingerprint density at radius 2 is 1.70 bits per heavy atom. The SMILES string of the molecule is COc1cccc(C(=O)N2CCN(S(=O)(=O)c3ccc(C)cc3C)CC2)c1. The molecule has 1 saturated heterocycles. The van der Waals surface area contributed by atoms with Crippen LogP contribution in [0.1, 0.15) is 21.5 Å². The van der Waals surface area contributed by atoms with E-state index in [4.69, 9.17) is 4.74 Å². The fourth-order valence-electron chi connectivity index (χ4n) is 3.30. The molecule has 2 aromatic rings. The summed E-state index contributed by atoms with van der Waals surface area (Å²) in [5, 5.41) is 0. The number of hydrogen-bond donors (Lipinski definition) is 0. The first-order valence-corrected chi connectivity index (χ1v) is 10.3. The molecule has 0 spiro atoms. The highest BCUT2D eigenvalue weighted by molar-refractivity contribution is 7.89. The molecule has 0 bridgehead atoms. The number of piperazine rings is 1. The van der Waals surface area contributed by atoms with Crippen LogP contribution in [-0.2, 0) is 10.0 Å². The summed E-state index contributed by atoms with van der Waals surface area (Å²) in [7, 11) is -2.00. The molecule has 0 saturated carbocycles. The molecule has 1 amide bonds. The summed E-state index contributed by atoms with van der Waals surface area (Å²) in [6.07, 6.45) is 0. The van der Waals surface area contributed by atoms with E-state index in [1.165, 1.54) is 4.31 Å². The fourth-order valence-corrected chi connectivity index (χ4v) is 4.93. The van der Waals surface area contributed by atoms with Crippen LogP contribution in [0, 0.1) is 13.8 Å².